The third-order valence-electron chi connectivity index (χ3n) is 3.31. The molecule has 6 heteroatoms. The van der Waals surface area contributed by atoms with Crippen LogP contribution in [0.1, 0.15) is 11.4 Å². The van der Waals surface area contributed by atoms with Crippen LogP contribution in [0, 0.1) is 18.6 Å². The smallest absolute Gasteiger partial charge is 0.185 e. The van der Waals surface area contributed by atoms with Crippen LogP contribution in [0.25, 0.3) is 16.7 Å². The fraction of sp³-hybridized carbons (Fsp3) is 0.133. The van der Waals surface area contributed by atoms with Gasteiger partial charge < -0.3 is 0 Å². The quantitative estimate of drug-likeness (QED) is 0.572. The lowest BCUT2D eigenvalue weighted by Crippen LogP contribution is -2.03. The molecule has 0 N–H and O–H groups in total. The largest absolute Gasteiger partial charge is 0.291 e. The van der Waals surface area contributed by atoms with Gasteiger partial charge in [-0.15, -0.1) is 11.6 Å². The van der Waals surface area contributed by atoms with Gasteiger partial charge in [-0.2, -0.15) is 0 Å². The number of fused-ring (bicyclic) bond motifs is 1. The van der Waals surface area contributed by atoms with E-state index in [-0.39, 0.29) is 11.4 Å². The predicted molar refractivity (Wildman–Crippen MR) is 83.0 cm³/mol. The minimum absolute atomic E-state index is 0.0934. The van der Waals surface area contributed by atoms with Gasteiger partial charge in [0, 0.05) is 4.47 Å². The Kier molecular flexibility index (Phi) is 3.71. The normalized spacial score (nSPS) is 11.3. The number of benzene rings is 2. The number of alkyl halides is 1. The van der Waals surface area contributed by atoms with Crippen molar-refractivity contribution in [3.05, 3.63) is 57.8 Å². The molecule has 0 spiro atoms. The highest BCUT2D eigenvalue weighted by Crippen LogP contribution is 2.31. The average Bonchev–Trinajstić information content (AvgIpc) is 2.85. The molecule has 3 aromatic rings. The van der Waals surface area contributed by atoms with E-state index in [1.54, 1.807) is 10.6 Å². The molecule has 0 radical (unpaired) electrons. The van der Waals surface area contributed by atoms with Crippen LogP contribution in [0.5, 0.6) is 0 Å². The summed E-state index contributed by atoms with van der Waals surface area (Å²) in [5.41, 5.74) is 2.12. The molecule has 2 nitrogen and oxygen atoms in total. The van der Waals surface area contributed by atoms with Crippen LogP contribution in [-0.4, -0.2) is 9.55 Å². The Morgan fingerprint density at radius 3 is 2.71 bits per heavy atom. The van der Waals surface area contributed by atoms with Gasteiger partial charge in [-0.3, -0.25) is 4.57 Å². The average molecular weight is 372 g/mol. The summed E-state index contributed by atoms with van der Waals surface area (Å²) in [4.78, 5) is 4.28. The molecule has 0 saturated heterocycles. The van der Waals surface area contributed by atoms with Gasteiger partial charge in [-0.25, -0.2) is 13.8 Å². The van der Waals surface area contributed by atoms with Gasteiger partial charge in [-0.1, -0.05) is 12.1 Å². The molecule has 0 aliphatic carbocycles. The third-order valence-corrected chi connectivity index (χ3v) is 4.58. The lowest BCUT2D eigenvalue weighted by Gasteiger charge is -2.12. The van der Waals surface area contributed by atoms with Gasteiger partial charge in [0.25, 0.3) is 0 Å². The molecule has 0 bridgehead atoms. The van der Waals surface area contributed by atoms with E-state index < -0.39 is 11.6 Å². The summed E-state index contributed by atoms with van der Waals surface area (Å²) in [6, 6.07) is 8.08. The molecule has 1 heterocycles. The van der Waals surface area contributed by atoms with E-state index in [9.17, 15) is 8.78 Å². The maximum atomic E-state index is 14.2. The number of nitrogens with zero attached hydrogens (tertiary/aromatic N) is 2. The molecular weight excluding hydrogens is 362 g/mol. The highest BCUT2D eigenvalue weighted by atomic mass is 79.9. The first kappa shape index (κ1) is 14.5. The van der Waals surface area contributed by atoms with Crippen LogP contribution in [0.4, 0.5) is 8.78 Å². The van der Waals surface area contributed by atoms with Crippen LogP contribution < -0.4 is 0 Å². The number of imidazole rings is 1. The van der Waals surface area contributed by atoms with E-state index in [1.807, 2.05) is 19.1 Å². The highest BCUT2D eigenvalue weighted by molar-refractivity contribution is 9.10. The molecule has 21 heavy (non-hydrogen) atoms. The van der Waals surface area contributed by atoms with E-state index in [1.165, 1.54) is 6.07 Å². The molecule has 0 amide bonds. The standard InChI is InChI=1S/C15H10BrClF2N2/c1-8-3-2-4-11(13(8)16)21-12(7-17)20-10-6-5-9(18)14(19)15(10)21/h2-6H,7H2,1H3. The number of halogens is 4. The SMILES string of the molecule is Cc1cccc(-n2c(CCl)nc3ccc(F)c(F)c32)c1Br. The summed E-state index contributed by atoms with van der Waals surface area (Å²) in [7, 11) is 0. The van der Waals surface area contributed by atoms with E-state index >= 15 is 0 Å². The molecule has 0 saturated carbocycles. The maximum Gasteiger partial charge on any atom is 0.185 e. The summed E-state index contributed by atoms with van der Waals surface area (Å²) in [6.07, 6.45) is 0. The molecule has 0 fully saturated rings. The number of aromatic nitrogens is 2. The van der Waals surface area contributed by atoms with Crippen molar-refractivity contribution in [2.24, 2.45) is 0 Å². The Balaban J connectivity index is 2.45. The lowest BCUT2D eigenvalue weighted by molar-refractivity contribution is 0.514. The summed E-state index contributed by atoms with van der Waals surface area (Å²) in [5, 5.41) is 0. The molecular formula is C15H10BrClF2N2. The monoisotopic (exact) mass is 370 g/mol. The number of hydrogen-bond donors (Lipinski definition) is 0. The first-order chi connectivity index (χ1) is 10.0. The van der Waals surface area contributed by atoms with E-state index in [0.29, 0.717) is 17.0 Å². The molecule has 108 valence electrons. The molecule has 1 aromatic heterocycles. The van der Waals surface area contributed by atoms with Gasteiger partial charge in [0.15, 0.2) is 11.6 Å². The Morgan fingerprint density at radius 1 is 1.24 bits per heavy atom. The summed E-state index contributed by atoms with van der Waals surface area (Å²) >= 11 is 9.41. The second-order valence-corrected chi connectivity index (χ2v) is 5.69. The van der Waals surface area contributed by atoms with Crippen molar-refractivity contribution in [2.75, 3.05) is 0 Å². The first-order valence-corrected chi connectivity index (χ1v) is 7.54. The van der Waals surface area contributed by atoms with E-state index in [4.69, 9.17) is 11.6 Å². The molecule has 0 unspecified atom stereocenters. The zero-order valence-electron chi connectivity index (χ0n) is 11.0. The van der Waals surface area contributed by atoms with Crippen molar-refractivity contribution in [1.29, 1.82) is 0 Å². The predicted octanol–water partition coefficient (Wildman–Crippen LogP) is 5.11. The van der Waals surface area contributed by atoms with Crippen molar-refractivity contribution in [3.8, 4) is 5.69 Å². The zero-order valence-corrected chi connectivity index (χ0v) is 13.3. The van der Waals surface area contributed by atoms with E-state index in [0.717, 1.165) is 16.1 Å². The summed E-state index contributed by atoms with van der Waals surface area (Å²) in [5.74, 6) is -1.28. The van der Waals surface area contributed by atoms with Gasteiger partial charge in [0.2, 0.25) is 0 Å². The lowest BCUT2D eigenvalue weighted by atomic mass is 10.2. The number of rotatable bonds is 2. The van der Waals surface area contributed by atoms with Crippen LogP contribution in [0.2, 0.25) is 0 Å². The molecule has 0 aliphatic heterocycles. The van der Waals surface area contributed by atoms with Crippen molar-refractivity contribution < 1.29 is 8.78 Å². The zero-order chi connectivity index (χ0) is 15.1. The summed E-state index contributed by atoms with van der Waals surface area (Å²) in [6.45, 7) is 1.92. The second-order valence-electron chi connectivity index (χ2n) is 4.63. The van der Waals surface area contributed by atoms with Crippen LogP contribution in [0.3, 0.4) is 0 Å². The Hall–Kier alpha value is -1.46. The summed E-state index contributed by atoms with van der Waals surface area (Å²) < 4.78 is 30.2. The fourth-order valence-electron chi connectivity index (χ4n) is 2.30. The van der Waals surface area contributed by atoms with Gasteiger partial charge in [0.05, 0.1) is 17.1 Å². The topological polar surface area (TPSA) is 17.8 Å². The number of hydrogen-bond acceptors (Lipinski definition) is 1. The molecule has 3 rings (SSSR count). The van der Waals surface area contributed by atoms with Gasteiger partial charge in [0.1, 0.15) is 11.3 Å². The van der Waals surface area contributed by atoms with Crippen LogP contribution in [0.15, 0.2) is 34.8 Å². The minimum atomic E-state index is -0.926. The van der Waals surface area contributed by atoms with Crippen molar-refractivity contribution in [2.45, 2.75) is 12.8 Å². The van der Waals surface area contributed by atoms with E-state index in [2.05, 4.69) is 20.9 Å². The highest BCUT2D eigenvalue weighted by Gasteiger charge is 2.19. The Bertz CT molecular complexity index is 845. The minimum Gasteiger partial charge on any atom is -0.291 e. The first-order valence-electron chi connectivity index (χ1n) is 6.21. The molecule has 0 aliphatic rings. The Morgan fingerprint density at radius 2 is 2.00 bits per heavy atom. The van der Waals surface area contributed by atoms with Crippen LogP contribution in [-0.2, 0) is 5.88 Å². The van der Waals surface area contributed by atoms with Crippen molar-refractivity contribution >= 4 is 38.6 Å². The third kappa shape index (κ3) is 2.24. The van der Waals surface area contributed by atoms with Gasteiger partial charge >= 0.3 is 0 Å². The van der Waals surface area contributed by atoms with Crippen molar-refractivity contribution in [3.63, 3.8) is 0 Å². The maximum absolute atomic E-state index is 14.2. The molecule has 0 atom stereocenters. The number of aryl methyl sites for hydroxylation is 1. The van der Waals surface area contributed by atoms with Crippen molar-refractivity contribution in [1.82, 2.24) is 9.55 Å². The Labute approximate surface area is 133 Å². The second kappa shape index (κ2) is 5.39. The van der Waals surface area contributed by atoms with Gasteiger partial charge in [-0.05, 0) is 46.6 Å². The fourth-order valence-corrected chi connectivity index (χ4v) is 2.93. The van der Waals surface area contributed by atoms with Crippen LogP contribution >= 0.6 is 27.5 Å². The molecule has 2 aromatic carbocycles.